The summed E-state index contributed by atoms with van der Waals surface area (Å²) in [6.45, 7) is 1.76. The highest BCUT2D eigenvalue weighted by molar-refractivity contribution is 9.10. The first-order valence-corrected chi connectivity index (χ1v) is 5.29. The molecule has 0 saturated heterocycles. The smallest absolute Gasteiger partial charge is 0.175 e. The molecule has 0 atom stereocenters. The lowest BCUT2D eigenvalue weighted by atomic mass is 10.1. The Morgan fingerprint density at radius 3 is 2.75 bits per heavy atom. The van der Waals surface area contributed by atoms with E-state index >= 15 is 0 Å². The summed E-state index contributed by atoms with van der Waals surface area (Å²) in [4.78, 5) is 0. The Morgan fingerprint density at radius 1 is 1.50 bits per heavy atom. The largest absolute Gasteiger partial charge is 0.504 e. The van der Waals surface area contributed by atoms with Gasteiger partial charge in [-0.15, -0.1) is 0 Å². The molecule has 6 heteroatoms. The molecular formula is C10H9BrFN3O. The minimum absolute atomic E-state index is 0.238. The van der Waals surface area contributed by atoms with Gasteiger partial charge in [-0.2, -0.15) is 5.10 Å². The Labute approximate surface area is 99.4 Å². The highest BCUT2D eigenvalue weighted by Crippen LogP contribution is 2.36. The molecule has 0 fully saturated rings. The van der Waals surface area contributed by atoms with Gasteiger partial charge < -0.3 is 10.8 Å². The van der Waals surface area contributed by atoms with Crippen LogP contribution in [-0.4, -0.2) is 15.3 Å². The lowest BCUT2D eigenvalue weighted by Crippen LogP contribution is -1.89. The maximum Gasteiger partial charge on any atom is 0.175 e. The SMILES string of the molecule is Cc1cc(-c2cc(N)n[nH]2)c(F)c(O)c1Br. The first-order chi connectivity index (χ1) is 7.50. The van der Waals surface area contributed by atoms with Crippen LogP contribution in [0.15, 0.2) is 16.6 Å². The molecule has 0 aliphatic rings. The molecule has 0 unspecified atom stereocenters. The zero-order valence-corrected chi connectivity index (χ0v) is 9.97. The highest BCUT2D eigenvalue weighted by atomic mass is 79.9. The molecule has 1 heterocycles. The van der Waals surface area contributed by atoms with E-state index in [9.17, 15) is 9.50 Å². The maximum atomic E-state index is 13.8. The van der Waals surface area contributed by atoms with Crippen molar-refractivity contribution < 1.29 is 9.50 Å². The minimum Gasteiger partial charge on any atom is -0.504 e. The number of benzene rings is 1. The van der Waals surface area contributed by atoms with Gasteiger partial charge in [0, 0.05) is 11.6 Å². The fraction of sp³-hybridized carbons (Fsp3) is 0.100. The maximum absolute atomic E-state index is 13.8. The Morgan fingerprint density at radius 2 is 2.19 bits per heavy atom. The molecule has 1 aromatic heterocycles. The number of hydrogen-bond donors (Lipinski definition) is 3. The van der Waals surface area contributed by atoms with Gasteiger partial charge in [0.25, 0.3) is 0 Å². The van der Waals surface area contributed by atoms with Crippen LogP contribution in [0, 0.1) is 12.7 Å². The number of hydrogen-bond acceptors (Lipinski definition) is 3. The number of aromatic hydroxyl groups is 1. The Kier molecular flexibility index (Phi) is 2.59. The van der Waals surface area contributed by atoms with Crippen molar-refractivity contribution in [2.75, 3.05) is 5.73 Å². The molecule has 84 valence electrons. The summed E-state index contributed by atoms with van der Waals surface area (Å²) in [6.07, 6.45) is 0. The summed E-state index contributed by atoms with van der Waals surface area (Å²) >= 11 is 3.10. The topological polar surface area (TPSA) is 74.9 Å². The van der Waals surface area contributed by atoms with Gasteiger partial charge in [-0.1, -0.05) is 0 Å². The standard InChI is InChI=1S/C10H9BrFN3O/c1-4-2-5(6-3-7(13)15-14-6)9(12)10(16)8(4)11/h2-3,16H,1H3,(H3,13,14,15). The highest BCUT2D eigenvalue weighted by Gasteiger charge is 2.16. The number of halogens is 2. The van der Waals surface area contributed by atoms with E-state index in [0.717, 1.165) is 5.56 Å². The second-order valence-corrected chi connectivity index (χ2v) is 4.22. The predicted molar refractivity (Wildman–Crippen MR) is 62.5 cm³/mol. The molecule has 1 aromatic carbocycles. The summed E-state index contributed by atoms with van der Waals surface area (Å²) in [7, 11) is 0. The van der Waals surface area contributed by atoms with E-state index in [2.05, 4.69) is 26.1 Å². The van der Waals surface area contributed by atoms with Crippen molar-refractivity contribution in [1.82, 2.24) is 10.2 Å². The third-order valence-electron chi connectivity index (χ3n) is 2.25. The zero-order valence-electron chi connectivity index (χ0n) is 8.38. The number of aromatic nitrogens is 2. The Bertz CT molecular complexity index is 553. The lowest BCUT2D eigenvalue weighted by Gasteiger charge is -2.07. The van der Waals surface area contributed by atoms with Crippen molar-refractivity contribution in [2.45, 2.75) is 6.92 Å². The fourth-order valence-corrected chi connectivity index (χ4v) is 1.71. The van der Waals surface area contributed by atoms with Crippen molar-refractivity contribution >= 4 is 21.7 Å². The molecule has 0 aliphatic carbocycles. The number of anilines is 1. The van der Waals surface area contributed by atoms with Crippen LogP contribution in [-0.2, 0) is 0 Å². The van der Waals surface area contributed by atoms with E-state index in [1.54, 1.807) is 13.0 Å². The molecule has 4 N–H and O–H groups in total. The number of aryl methyl sites for hydroxylation is 1. The van der Waals surface area contributed by atoms with Crippen molar-refractivity contribution in [3.8, 4) is 17.0 Å². The molecule has 0 amide bonds. The number of rotatable bonds is 1. The van der Waals surface area contributed by atoms with Crippen LogP contribution < -0.4 is 5.73 Å². The summed E-state index contributed by atoms with van der Waals surface area (Å²) in [6, 6.07) is 3.11. The second kappa shape index (κ2) is 3.79. The molecule has 0 spiro atoms. The van der Waals surface area contributed by atoms with Gasteiger partial charge in [-0.25, -0.2) is 4.39 Å². The van der Waals surface area contributed by atoms with Gasteiger partial charge >= 0.3 is 0 Å². The number of aromatic amines is 1. The molecule has 0 bridgehead atoms. The van der Waals surface area contributed by atoms with Gasteiger partial charge in [0.05, 0.1) is 10.2 Å². The van der Waals surface area contributed by atoms with E-state index in [1.165, 1.54) is 6.07 Å². The van der Waals surface area contributed by atoms with Crippen molar-refractivity contribution in [1.29, 1.82) is 0 Å². The van der Waals surface area contributed by atoms with Gasteiger partial charge in [0.1, 0.15) is 5.82 Å². The number of phenolic OH excluding ortho intramolecular Hbond substituents is 1. The number of H-pyrrole nitrogens is 1. The Hall–Kier alpha value is -1.56. The fourth-order valence-electron chi connectivity index (χ4n) is 1.43. The lowest BCUT2D eigenvalue weighted by molar-refractivity contribution is 0.429. The van der Waals surface area contributed by atoms with Crippen LogP contribution in [0.5, 0.6) is 5.75 Å². The number of nitrogen functional groups attached to an aromatic ring is 1. The molecule has 0 radical (unpaired) electrons. The third kappa shape index (κ3) is 1.65. The van der Waals surface area contributed by atoms with Crippen molar-refractivity contribution in [3.05, 3.63) is 28.0 Å². The van der Waals surface area contributed by atoms with Gasteiger partial charge in [0.2, 0.25) is 0 Å². The number of nitrogens with one attached hydrogen (secondary N) is 1. The normalized spacial score (nSPS) is 10.7. The molecule has 4 nitrogen and oxygen atoms in total. The average molecular weight is 286 g/mol. The van der Waals surface area contributed by atoms with Crippen molar-refractivity contribution in [2.24, 2.45) is 0 Å². The molecule has 0 saturated carbocycles. The van der Waals surface area contributed by atoms with E-state index < -0.39 is 11.6 Å². The number of nitrogens with zero attached hydrogens (tertiary/aromatic N) is 1. The molecular weight excluding hydrogens is 277 g/mol. The van der Waals surface area contributed by atoms with E-state index in [0.29, 0.717) is 10.2 Å². The third-order valence-corrected chi connectivity index (χ3v) is 3.25. The quantitative estimate of drug-likeness (QED) is 0.754. The monoisotopic (exact) mass is 285 g/mol. The molecule has 16 heavy (non-hydrogen) atoms. The van der Waals surface area contributed by atoms with Gasteiger partial charge in [-0.3, -0.25) is 5.10 Å². The predicted octanol–water partition coefficient (Wildman–Crippen LogP) is 2.57. The molecule has 0 aliphatic heterocycles. The summed E-state index contributed by atoms with van der Waals surface area (Å²) in [5.74, 6) is -0.848. The van der Waals surface area contributed by atoms with Crippen molar-refractivity contribution in [3.63, 3.8) is 0 Å². The van der Waals surface area contributed by atoms with Crippen LogP contribution in [0.1, 0.15) is 5.56 Å². The Balaban J connectivity index is 2.66. The van der Waals surface area contributed by atoms with E-state index in [-0.39, 0.29) is 11.4 Å². The van der Waals surface area contributed by atoms with Crippen LogP contribution in [0.25, 0.3) is 11.3 Å². The minimum atomic E-state index is -0.707. The first kappa shape index (κ1) is 10.9. The summed E-state index contributed by atoms with van der Waals surface area (Å²) < 4.78 is 14.1. The van der Waals surface area contributed by atoms with Crippen LogP contribution in [0.3, 0.4) is 0 Å². The molecule has 2 rings (SSSR count). The van der Waals surface area contributed by atoms with E-state index in [4.69, 9.17) is 5.73 Å². The average Bonchev–Trinajstić information content (AvgIpc) is 2.67. The van der Waals surface area contributed by atoms with Crippen LogP contribution in [0.2, 0.25) is 0 Å². The first-order valence-electron chi connectivity index (χ1n) is 4.49. The van der Waals surface area contributed by atoms with Gasteiger partial charge in [-0.05, 0) is 34.5 Å². The number of phenols is 1. The second-order valence-electron chi connectivity index (χ2n) is 3.42. The summed E-state index contributed by atoms with van der Waals surface area (Å²) in [5, 5.41) is 15.9. The van der Waals surface area contributed by atoms with Gasteiger partial charge in [0.15, 0.2) is 11.6 Å². The molecule has 2 aromatic rings. The number of nitrogens with two attached hydrogens (primary N) is 1. The van der Waals surface area contributed by atoms with E-state index in [1.807, 2.05) is 0 Å². The van der Waals surface area contributed by atoms with Crippen LogP contribution in [0.4, 0.5) is 10.2 Å². The zero-order chi connectivity index (χ0) is 11.9. The van der Waals surface area contributed by atoms with Crippen LogP contribution >= 0.6 is 15.9 Å². The summed E-state index contributed by atoms with van der Waals surface area (Å²) in [5.41, 5.74) is 6.83.